The van der Waals surface area contributed by atoms with Crippen LogP contribution in [0.4, 0.5) is 16.2 Å². The molecule has 0 bridgehead atoms. The summed E-state index contributed by atoms with van der Waals surface area (Å²) in [5, 5.41) is 13.1. The number of hydrogen-bond donors (Lipinski definition) is 1. The molecule has 0 atom stereocenters. The highest BCUT2D eigenvalue weighted by Gasteiger charge is 2.37. The molecule has 4 amide bonds. The third-order valence-corrected chi connectivity index (χ3v) is 5.72. The van der Waals surface area contributed by atoms with Crippen molar-refractivity contribution in [3.05, 3.63) is 99.6 Å². The summed E-state index contributed by atoms with van der Waals surface area (Å²) in [5.74, 6) is -0.599. The molecule has 0 aromatic heterocycles. The van der Waals surface area contributed by atoms with Crippen molar-refractivity contribution in [2.75, 3.05) is 11.5 Å². The summed E-state index contributed by atoms with van der Waals surface area (Å²) >= 11 is 0. The first-order chi connectivity index (χ1) is 18.4. The van der Waals surface area contributed by atoms with Crippen LogP contribution in [0.25, 0.3) is 6.08 Å². The van der Waals surface area contributed by atoms with E-state index in [0.29, 0.717) is 29.2 Å². The summed E-state index contributed by atoms with van der Waals surface area (Å²) in [6.45, 7) is 2.73. The normalized spacial score (nSPS) is 14.4. The van der Waals surface area contributed by atoms with Crippen molar-refractivity contribution >= 4 is 35.3 Å². The van der Waals surface area contributed by atoms with Crippen LogP contribution < -0.4 is 19.7 Å². The third kappa shape index (κ3) is 6.04. The van der Waals surface area contributed by atoms with E-state index in [0.717, 1.165) is 17.7 Å². The molecule has 1 heterocycles. The number of hydrogen-bond acceptors (Lipinski definition) is 7. The molecule has 1 saturated heterocycles. The number of benzene rings is 3. The molecule has 10 nitrogen and oxygen atoms in total. The lowest BCUT2D eigenvalue weighted by Crippen LogP contribution is -2.54. The van der Waals surface area contributed by atoms with Gasteiger partial charge >= 0.3 is 6.03 Å². The quantitative estimate of drug-likeness (QED) is 0.132. The van der Waals surface area contributed by atoms with E-state index >= 15 is 0 Å². The standard InChI is InChI=1S/C28H25N3O7/c1-2-3-16-37-23-14-12-21(13-15-23)30-27(33)24(26(32)29-28(30)34)17-20-6-4-5-7-25(20)38-18-19-8-10-22(11-9-19)31(35)36/h4-15,17H,2-3,16,18H2,1H3,(H,29,32,34)/b24-17-. The average Bonchev–Trinajstić information content (AvgIpc) is 2.91. The summed E-state index contributed by atoms with van der Waals surface area (Å²) in [6, 6.07) is 18.3. The zero-order valence-electron chi connectivity index (χ0n) is 20.6. The Kier molecular flexibility index (Phi) is 8.12. The Morgan fingerprint density at radius 3 is 2.34 bits per heavy atom. The molecular formula is C28H25N3O7. The summed E-state index contributed by atoms with van der Waals surface area (Å²) in [7, 11) is 0. The van der Waals surface area contributed by atoms with E-state index in [-0.39, 0.29) is 23.6 Å². The van der Waals surface area contributed by atoms with Crippen LogP contribution in [-0.2, 0) is 16.2 Å². The number of carbonyl (C=O) groups is 3. The number of carbonyl (C=O) groups excluding carboxylic acids is 3. The van der Waals surface area contributed by atoms with Gasteiger partial charge in [-0.15, -0.1) is 0 Å². The number of amides is 4. The maximum absolute atomic E-state index is 13.3. The highest BCUT2D eigenvalue weighted by atomic mass is 16.6. The predicted molar refractivity (Wildman–Crippen MR) is 140 cm³/mol. The fourth-order valence-electron chi connectivity index (χ4n) is 3.68. The fourth-order valence-corrected chi connectivity index (χ4v) is 3.68. The van der Waals surface area contributed by atoms with E-state index < -0.39 is 22.8 Å². The molecule has 0 unspecified atom stereocenters. The van der Waals surface area contributed by atoms with Gasteiger partial charge < -0.3 is 9.47 Å². The largest absolute Gasteiger partial charge is 0.494 e. The van der Waals surface area contributed by atoms with Crippen LogP contribution in [0.3, 0.4) is 0 Å². The van der Waals surface area contributed by atoms with Crippen molar-refractivity contribution < 1.29 is 28.8 Å². The maximum Gasteiger partial charge on any atom is 0.335 e. The molecule has 38 heavy (non-hydrogen) atoms. The van der Waals surface area contributed by atoms with Crippen molar-refractivity contribution in [3.63, 3.8) is 0 Å². The Morgan fingerprint density at radius 1 is 0.947 bits per heavy atom. The Morgan fingerprint density at radius 2 is 1.66 bits per heavy atom. The minimum atomic E-state index is -0.848. The maximum atomic E-state index is 13.3. The van der Waals surface area contributed by atoms with E-state index in [2.05, 4.69) is 12.2 Å². The van der Waals surface area contributed by atoms with Gasteiger partial charge in [-0.25, -0.2) is 9.69 Å². The van der Waals surface area contributed by atoms with Crippen LogP contribution in [0.5, 0.6) is 11.5 Å². The van der Waals surface area contributed by atoms with Gasteiger partial charge in [0, 0.05) is 17.7 Å². The van der Waals surface area contributed by atoms with Gasteiger partial charge in [0.2, 0.25) is 0 Å². The molecule has 194 valence electrons. The number of nitrogens with zero attached hydrogens (tertiary/aromatic N) is 2. The number of nitro groups is 1. The summed E-state index contributed by atoms with van der Waals surface area (Å²) in [6.07, 6.45) is 3.27. The van der Waals surface area contributed by atoms with Crippen molar-refractivity contribution in [2.45, 2.75) is 26.4 Å². The van der Waals surface area contributed by atoms with Gasteiger partial charge in [-0.05, 0) is 60.5 Å². The van der Waals surface area contributed by atoms with E-state index in [4.69, 9.17) is 9.47 Å². The second kappa shape index (κ2) is 11.8. The first kappa shape index (κ1) is 26.1. The molecule has 10 heteroatoms. The highest BCUT2D eigenvalue weighted by molar-refractivity contribution is 6.39. The lowest BCUT2D eigenvalue weighted by Gasteiger charge is -2.26. The number of rotatable bonds is 10. The van der Waals surface area contributed by atoms with Crippen LogP contribution in [0.2, 0.25) is 0 Å². The van der Waals surface area contributed by atoms with Gasteiger partial charge in [-0.3, -0.25) is 25.0 Å². The van der Waals surface area contributed by atoms with E-state index in [1.807, 2.05) is 0 Å². The smallest absolute Gasteiger partial charge is 0.335 e. The van der Waals surface area contributed by atoms with Crippen molar-refractivity contribution in [1.29, 1.82) is 0 Å². The molecule has 1 N–H and O–H groups in total. The number of ether oxygens (including phenoxy) is 2. The van der Waals surface area contributed by atoms with Crippen LogP contribution in [-0.4, -0.2) is 29.4 Å². The highest BCUT2D eigenvalue weighted by Crippen LogP contribution is 2.27. The first-order valence-electron chi connectivity index (χ1n) is 12.0. The number of unbranched alkanes of at least 4 members (excludes halogenated alkanes) is 1. The number of imide groups is 2. The summed E-state index contributed by atoms with van der Waals surface area (Å²) in [5.41, 5.74) is 1.17. The van der Waals surface area contributed by atoms with Gasteiger partial charge in [-0.2, -0.15) is 0 Å². The van der Waals surface area contributed by atoms with E-state index in [1.165, 1.54) is 18.2 Å². The van der Waals surface area contributed by atoms with Gasteiger partial charge in [0.05, 0.1) is 17.2 Å². The zero-order chi connectivity index (χ0) is 27.1. The topological polar surface area (TPSA) is 128 Å². The molecule has 3 aromatic carbocycles. The van der Waals surface area contributed by atoms with Gasteiger partial charge in [-0.1, -0.05) is 31.5 Å². The number of barbiturate groups is 1. The predicted octanol–water partition coefficient (Wildman–Crippen LogP) is 5.02. The second-order valence-electron chi connectivity index (χ2n) is 8.40. The molecule has 0 saturated carbocycles. The molecule has 4 rings (SSSR count). The summed E-state index contributed by atoms with van der Waals surface area (Å²) < 4.78 is 11.5. The Labute approximate surface area is 218 Å². The molecule has 0 spiro atoms. The molecule has 1 aliphatic heterocycles. The summed E-state index contributed by atoms with van der Waals surface area (Å²) in [4.78, 5) is 49.7. The van der Waals surface area contributed by atoms with Crippen LogP contribution >= 0.6 is 0 Å². The van der Waals surface area contributed by atoms with Crippen LogP contribution in [0.15, 0.2) is 78.4 Å². The van der Waals surface area contributed by atoms with Crippen molar-refractivity contribution in [1.82, 2.24) is 5.32 Å². The minimum Gasteiger partial charge on any atom is -0.494 e. The van der Waals surface area contributed by atoms with E-state index in [9.17, 15) is 24.5 Å². The third-order valence-electron chi connectivity index (χ3n) is 5.72. The number of urea groups is 1. The molecule has 1 fully saturated rings. The van der Waals surface area contributed by atoms with Crippen molar-refractivity contribution in [3.8, 4) is 11.5 Å². The number of nitrogens with one attached hydrogen (secondary N) is 1. The lowest BCUT2D eigenvalue weighted by atomic mass is 10.1. The Balaban J connectivity index is 1.54. The number of para-hydroxylation sites is 1. The Bertz CT molecular complexity index is 1380. The van der Waals surface area contributed by atoms with Crippen LogP contribution in [0, 0.1) is 10.1 Å². The second-order valence-corrected chi connectivity index (χ2v) is 8.40. The molecule has 3 aromatic rings. The van der Waals surface area contributed by atoms with Gasteiger partial charge in [0.1, 0.15) is 23.7 Å². The lowest BCUT2D eigenvalue weighted by molar-refractivity contribution is -0.384. The van der Waals surface area contributed by atoms with Crippen LogP contribution in [0.1, 0.15) is 30.9 Å². The monoisotopic (exact) mass is 515 g/mol. The molecule has 1 aliphatic rings. The zero-order valence-corrected chi connectivity index (χ0v) is 20.6. The number of non-ortho nitro benzene ring substituents is 1. The SMILES string of the molecule is CCCCOc1ccc(N2C(=O)NC(=O)/C(=C/c3ccccc3OCc3ccc([N+](=O)[O-])cc3)C2=O)cc1. The average molecular weight is 516 g/mol. The fraction of sp³-hybridized carbons (Fsp3) is 0.179. The van der Waals surface area contributed by atoms with Gasteiger partial charge in [0.15, 0.2) is 0 Å². The van der Waals surface area contributed by atoms with Crippen molar-refractivity contribution in [2.24, 2.45) is 0 Å². The molecule has 0 aliphatic carbocycles. The minimum absolute atomic E-state index is 0.0292. The van der Waals surface area contributed by atoms with E-state index in [1.54, 1.807) is 60.7 Å². The molecular weight excluding hydrogens is 490 g/mol. The number of anilines is 1. The number of nitro benzene ring substituents is 1. The molecule has 0 radical (unpaired) electrons. The Hall–Kier alpha value is -4.99. The van der Waals surface area contributed by atoms with Gasteiger partial charge in [0.25, 0.3) is 17.5 Å². The first-order valence-corrected chi connectivity index (χ1v) is 12.0.